The van der Waals surface area contributed by atoms with Crippen molar-refractivity contribution in [1.82, 2.24) is 49.9 Å². The van der Waals surface area contributed by atoms with E-state index in [1.807, 2.05) is 18.7 Å². The average Bonchev–Trinajstić information content (AvgIpc) is 3.73. The first-order valence-corrected chi connectivity index (χ1v) is 23.2. The van der Waals surface area contributed by atoms with Crippen LogP contribution in [0.5, 0.6) is 17.2 Å². The third kappa shape index (κ3) is 16.7. The number of piperidine rings is 1. The highest BCUT2D eigenvalue weighted by atomic mass is 16.5. The minimum atomic E-state index is -1.04. The first-order chi connectivity index (χ1) is 33.0. The van der Waals surface area contributed by atoms with Crippen molar-refractivity contribution in [3.8, 4) is 34.3 Å². The van der Waals surface area contributed by atoms with Crippen LogP contribution in [0, 0.1) is 0 Å². The van der Waals surface area contributed by atoms with Crippen LogP contribution in [0.1, 0.15) is 62.1 Å². The maximum atomic E-state index is 13.1. The van der Waals surface area contributed by atoms with Crippen molar-refractivity contribution < 1.29 is 63.8 Å². The van der Waals surface area contributed by atoms with E-state index in [0.717, 1.165) is 0 Å². The fourth-order valence-corrected chi connectivity index (χ4v) is 8.14. The summed E-state index contributed by atoms with van der Waals surface area (Å²) in [6.07, 6.45) is 1.22. The number of carbonyl (C=O) groups is 6. The highest BCUT2D eigenvalue weighted by molar-refractivity contribution is 5.92. The summed E-state index contributed by atoms with van der Waals surface area (Å²) >= 11 is 0. The molecular formula is C46H66N10O13. The average molecular weight is 967 g/mol. The van der Waals surface area contributed by atoms with E-state index in [9.17, 15) is 54.3 Å². The Bertz CT molecular complexity index is 2180. The number of carboxylic acids is 3. The maximum absolute atomic E-state index is 13.1. The molecule has 0 aliphatic carbocycles. The minimum absolute atomic E-state index is 0.0149. The van der Waals surface area contributed by atoms with Gasteiger partial charge in [-0.3, -0.25) is 52.9 Å². The topological polar surface area (TPSA) is 293 Å². The smallest absolute Gasteiger partial charge is 0.317 e. The van der Waals surface area contributed by atoms with E-state index in [1.165, 1.54) is 6.07 Å². The lowest BCUT2D eigenvalue weighted by Gasteiger charge is -2.32. The molecule has 0 bridgehead atoms. The number of benzene rings is 2. The van der Waals surface area contributed by atoms with Gasteiger partial charge in [0.15, 0.2) is 5.82 Å². The SMILES string of the molecule is CCNC(=O)c1nnc(-c2cc(C(C)C)c(O)cc2O)n1-c1ccc(OC2CCN(C(=O)CCOCCNC(=O)CN3CCN(CC(=O)O)CCN(CC(=O)O)CCN(CC(=O)O)CC3)CC2)cc1. The molecule has 2 fully saturated rings. The number of phenols is 2. The summed E-state index contributed by atoms with van der Waals surface area (Å²) < 4.78 is 13.5. The van der Waals surface area contributed by atoms with Crippen LogP contribution in [0.15, 0.2) is 36.4 Å². The van der Waals surface area contributed by atoms with Crippen molar-refractivity contribution in [3.63, 3.8) is 0 Å². The van der Waals surface area contributed by atoms with Gasteiger partial charge >= 0.3 is 17.9 Å². The lowest BCUT2D eigenvalue weighted by atomic mass is 9.98. The molecule has 378 valence electrons. The zero-order valence-electron chi connectivity index (χ0n) is 39.5. The van der Waals surface area contributed by atoms with E-state index in [0.29, 0.717) is 81.2 Å². The lowest BCUT2D eigenvalue weighted by Crippen LogP contribution is -2.50. The Morgan fingerprint density at radius 3 is 1.74 bits per heavy atom. The van der Waals surface area contributed by atoms with Crippen LogP contribution in [-0.2, 0) is 28.7 Å². The Morgan fingerprint density at radius 2 is 1.23 bits per heavy atom. The van der Waals surface area contributed by atoms with Gasteiger partial charge in [0.05, 0.1) is 51.4 Å². The second-order valence-corrected chi connectivity index (χ2v) is 17.3. The van der Waals surface area contributed by atoms with Crippen LogP contribution in [0.4, 0.5) is 0 Å². The number of nitrogens with one attached hydrogen (secondary N) is 2. The van der Waals surface area contributed by atoms with Gasteiger partial charge in [0, 0.05) is 103 Å². The lowest BCUT2D eigenvalue weighted by molar-refractivity contribution is -0.140. The van der Waals surface area contributed by atoms with Crippen molar-refractivity contribution in [2.24, 2.45) is 0 Å². The van der Waals surface area contributed by atoms with Gasteiger partial charge in [-0.05, 0) is 48.7 Å². The molecule has 3 aromatic rings. The quantitative estimate of drug-likeness (QED) is 0.0719. The number of ether oxygens (including phenoxy) is 2. The molecule has 23 heteroatoms. The summed E-state index contributed by atoms with van der Waals surface area (Å²) in [4.78, 5) is 82.3. The van der Waals surface area contributed by atoms with Gasteiger partial charge in [-0.2, -0.15) is 0 Å². The zero-order chi connectivity index (χ0) is 50.0. The molecular weight excluding hydrogens is 901 g/mol. The summed E-state index contributed by atoms with van der Waals surface area (Å²) in [5, 5.41) is 63.5. The number of nitrogens with zero attached hydrogens (tertiary/aromatic N) is 8. The third-order valence-corrected chi connectivity index (χ3v) is 11.8. The van der Waals surface area contributed by atoms with Crippen molar-refractivity contribution in [2.75, 3.05) is 118 Å². The van der Waals surface area contributed by atoms with Crippen molar-refractivity contribution in [1.29, 1.82) is 0 Å². The second kappa shape index (κ2) is 26.4. The largest absolute Gasteiger partial charge is 0.508 e. The molecule has 3 heterocycles. The van der Waals surface area contributed by atoms with Gasteiger partial charge in [-0.25, -0.2) is 0 Å². The van der Waals surface area contributed by atoms with Crippen molar-refractivity contribution in [2.45, 2.75) is 52.1 Å². The van der Waals surface area contributed by atoms with Gasteiger partial charge in [0.2, 0.25) is 17.6 Å². The molecule has 69 heavy (non-hydrogen) atoms. The van der Waals surface area contributed by atoms with Gasteiger partial charge in [-0.15, -0.1) is 10.2 Å². The predicted octanol–water partition coefficient (Wildman–Crippen LogP) is 0.587. The normalized spacial score (nSPS) is 16.4. The highest BCUT2D eigenvalue weighted by Gasteiger charge is 2.27. The monoisotopic (exact) mass is 966 g/mol. The molecule has 2 aliphatic heterocycles. The number of rotatable bonds is 21. The Hall–Kier alpha value is -6.40. The van der Waals surface area contributed by atoms with Crippen LogP contribution in [0.2, 0.25) is 0 Å². The molecule has 0 spiro atoms. The number of likely N-dealkylation sites (tertiary alicyclic amines) is 1. The van der Waals surface area contributed by atoms with Crippen LogP contribution < -0.4 is 15.4 Å². The van der Waals surface area contributed by atoms with Gasteiger partial charge in [0.25, 0.3) is 5.91 Å². The first kappa shape index (κ1) is 53.6. The highest BCUT2D eigenvalue weighted by Crippen LogP contribution is 2.38. The van der Waals surface area contributed by atoms with Gasteiger partial charge in [0.1, 0.15) is 23.4 Å². The zero-order valence-corrected chi connectivity index (χ0v) is 39.5. The minimum Gasteiger partial charge on any atom is -0.508 e. The number of aromatic nitrogens is 3. The summed E-state index contributed by atoms with van der Waals surface area (Å²) in [7, 11) is 0. The number of phenolic OH excluding ortho intramolecular Hbond substituents is 2. The molecule has 23 nitrogen and oxygen atoms in total. The molecule has 1 aromatic heterocycles. The standard InChI is InChI=1S/C46H66N10O13/c1-4-47-46(67)45-50-49-44(36-25-35(31(2)3)37(57)26-38(36)58)56(45)32-5-7-33(8-6-32)69-34-9-13-55(14-10-34)40(60)11-23-68-24-12-48-39(59)27-51-15-17-52(28-41(61)62)19-21-54(30-43(65)66)22-20-53(18-16-51)29-42(63)64/h5-8,25-26,31,34,57-58H,4,9-24,27-30H2,1-3H3,(H,47,67)(H,48,59)(H,61,62)(H,63,64)(H,65,66). The number of amides is 3. The second-order valence-electron chi connectivity index (χ2n) is 17.3. The third-order valence-electron chi connectivity index (χ3n) is 11.8. The number of aromatic hydroxyl groups is 2. The van der Waals surface area contributed by atoms with Crippen molar-refractivity contribution >= 4 is 35.6 Å². The van der Waals surface area contributed by atoms with E-state index in [1.54, 1.807) is 61.4 Å². The van der Waals surface area contributed by atoms with E-state index in [4.69, 9.17) is 9.47 Å². The number of hydrogen-bond acceptors (Lipinski definition) is 16. The Balaban J connectivity index is 1.05. The Kier molecular flexibility index (Phi) is 20.5. The van der Waals surface area contributed by atoms with Crippen LogP contribution in [-0.4, -0.2) is 224 Å². The summed E-state index contributed by atoms with van der Waals surface area (Å²) in [6, 6.07) is 9.95. The Morgan fingerprint density at radius 1 is 0.696 bits per heavy atom. The number of aliphatic carboxylic acids is 3. The molecule has 0 unspecified atom stereocenters. The van der Waals surface area contributed by atoms with E-state index >= 15 is 0 Å². The van der Waals surface area contributed by atoms with Crippen LogP contribution in [0.3, 0.4) is 0 Å². The predicted molar refractivity (Wildman–Crippen MR) is 250 cm³/mol. The number of carbonyl (C=O) groups excluding carboxylic acids is 3. The molecule has 2 aliphatic rings. The fraction of sp³-hybridized carbons (Fsp3) is 0.565. The summed E-state index contributed by atoms with van der Waals surface area (Å²) in [5.74, 6) is -3.43. The molecule has 2 aromatic carbocycles. The van der Waals surface area contributed by atoms with Crippen LogP contribution >= 0.6 is 0 Å². The number of carboxylic acid groups (broad SMARTS) is 3. The first-order valence-electron chi connectivity index (χ1n) is 23.2. The van der Waals surface area contributed by atoms with Crippen molar-refractivity contribution in [3.05, 3.63) is 47.8 Å². The fourth-order valence-electron chi connectivity index (χ4n) is 8.14. The molecule has 5 rings (SSSR count). The summed E-state index contributed by atoms with van der Waals surface area (Å²) in [5.41, 5.74) is 1.44. The molecule has 0 saturated carbocycles. The molecule has 7 N–H and O–H groups in total. The van der Waals surface area contributed by atoms with E-state index < -0.39 is 23.8 Å². The summed E-state index contributed by atoms with van der Waals surface area (Å²) in [6.45, 7) is 9.01. The Labute approximate surface area is 400 Å². The maximum Gasteiger partial charge on any atom is 0.317 e. The molecule has 2 saturated heterocycles. The van der Waals surface area contributed by atoms with E-state index in [-0.39, 0.29) is 126 Å². The van der Waals surface area contributed by atoms with Gasteiger partial charge in [-0.1, -0.05) is 13.8 Å². The van der Waals surface area contributed by atoms with Crippen LogP contribution in [0.25, 0.3) is 17.1 Å². The molecule has 3 amide bonds. The molecule has 0 radical (unpaired) electrons. The van der Waals surface area contributed by atoms with E-state index in [2.05, 4.69) is 20.8 Å². The molecule has 0 atom stereocenters. The van der Waals surface area contributed by atoms with Gasteiger partial charge < -0.3 is 50.5 Å². The number of hydrogen-bond donors (Lipinski definition) is 7.